The van der Waals surface area contributed by atoms with Crippen molar-refractivity contribution in [3.63, 3.8) is 0 Å². The molecular formula is C16H23NO2. The number of carbonyl (C=O) groups is 1. The molecule has 3 heteroatoms. The van der Waals surface area contributed by atoms with Gasteiger partial charge in [0.25, 0.3) is 0 Å². The number of nitrogens with one attached hydrogen (secondary N) is 1. The van der Waals surface area contributed by atoms with Gasteiger partial charge in [0, 0.05) is 18.4 Å². The van der Waals surface area contributed by atoms with Crippen LogP contribution in [0.1, 0.15) is 30.4 Å². The summed E-state index contributed by atoms with van der Waals surface area (Å²) in [6, 6.07) is 6.00. The minimum atomic E-state index is 0.316. The number of methoxy groups -OCH3 is 1. The number of rotatable bonds is 6. The van der Waals surface area contributed by atoms with Crippen molar-refractivity contribution in [2.24, 2.45) is 5.92 Å². The summed E-state index contributed by atoms with van der Waals surface area (Å²) in [6.45, 7) is 4.21. The van der Waals surface area contributed by atoms with Crippen molar-refractivity contribution in [3.8, 4) is 5.75 Å². The number of ketones is 1. The Morgan fingerprint density at radius 3 is 3.00 bits per heavy atom. The lowest BCUT2D eigenvalue weighted by molar-refractivity contribution is -0.118. The summed E-state index contributed by atoms with van der Waals surface area (Å²) in [4.78, 5) is 12.1. The number of hydrogen-bond acceptors (Lipinski definition) is 3. The Morgan fingerprint density at radius 2 is 2.32 bits per heavy atom. The highest BCUT2D eigenvalue weighted by atomic mass is 16.5. The van der Waals surface area contributed by atoms with Crippen molar-refractivity contribution in [3.05, 3.63) is 29.3 Å². The molecule has 0 amide bonds. The van der Waals surface area contributed by atoms with Gasteiger partial charge in [-0.2, -0.15) is 0 Å². The molecule has 1 aliphatic rings. The number of ether oxygens (including phenoxy) is 1. The summed E-state index contributed by atoms with van der Waals surface area (Å²) in [5.74, 6) is 1.82. The van der Waals surface area contributed by atoms with E-state index in [1.165, 1.54) is 12.0 Å². The summed E-state index contributed by atoms with van der Waals surface area (Å²) in [5, 5.41) is 3.34. The van der Waals surface area contributed by atoms with Gasteiger partial charge >= 0.3 is 0 Å². The molecule has 3 nitrogen and oxygen atoms in total. The van der Waals surface area contributed by atoms with Crippen LogP contribution in [0.2, 0.25) is 0 Å². The highest BCUT2D eigenvalue weighted by molar-refractivity contribution is 5.81. The van der Waals surface area contributed by atoms with E-state index in [9.17, 15) is 4.79 Å². The van der Waals surface area contributed by atoms with Crippen molar-refractivity contribution in [2.75, 3.05) is 20.2 Å². The summed E-state index contributed by atoms with van der Waals surface area (Å²) in [7, 11) is 1.66. The highest BCUT2D eigenvalue weighted by Crippen LogP contribution is 2.22. The molecule has 0 aliphatic carbocycles. The lowest BCUT2D eigenvalue weighted by Crippen LogP contribution is -2.11. The topological polar surface area (TPSA) is 38.3 Å². The first-order valence-corrected chi connectivity index (χ1v) is 7.05. The van der Waals surface area contributed by atoms with E-state index in [0.717, 1.165) is 30.8 Å². The maximum atomic E-state index is 12.1. The molecular weight excluding hydrogens is 238 g/mol. The van der Waals surface area contributed by atoms with Gasteiger partial charge in [-0.3, -0.25) is 4.79 Å². The van der Waals surface area contributed by atoms with Crippen LogP contribution >= 0.6 is 0 Å². The third-order valence-electron chi connectivity index (χ3n) is 3.82. The molecule has 1 N–H and O–H groups in total. The maximum Gasteiger partial charge on any atom is 0.137 e. The van der Waals surface area contributed by atoms with Crippen LogP contribution in [0.25, 0.3) is 0 Å². The van der Waals surface area contributed by atoms with Crippen molar-refractivity contribution in [1.29, 1.82) is 0 Å². The van der Waals surface area contributed by atoms with Crippen LogP contribution in [0.15, 0.2) is 18.2 Å². The zero-order valence-corrected chi connectivity index (χ0v) is 11.9. The molecule has 1 heterocycles. The molecule has 1 fully saturated rings. The second-order valence-electron chi connectivity index (χ2n) is 5.43. The number of aryl methyl sites for hydroxylation is 1. The Balaban J connectivity index is 1.88. The molecule has 0 spiro atoms. The number of benzene rings is 1. The molecule has 0 aromatic heterocycles. The van der Waals surface area contributed by atoms with Crippen molar-refractivity contribution >= 4 is 5.78 Å². The quantitative estimate of drug-likeness (QED) is 0.855. The molecule has 19 heavy (non-hydrogen) atoms. The van der Waals surface area contributed by atoms with E-state index < -0.39 is 0 Å². The third-order valence-corrected chi connectivity index (χ3v) is 3.82. The fourth-order valence-corrected chi connectivity index (χ4v) is 2.67. The van der Waals surface area contributed by atoms with E-state index in [4.69, 9.17) is 4.74 Å². The number of Topliss-reactive ketones (excluding diaryl/α,β-unsaturated/α-hetero) is 1. The number of carbonyl (C=O) groups excluding carboxylic acids is 1. The van der Waals surface area contributed by atoms with Crippen LogP contribution in [-0.2, 0) is 11.2 Å². The fourth-order valence-electron chi connectivity index (χ4n) is 2.67. The van der Waals surface area contributed by atoms with Crippen LogP contribution in [0.5, 0.6) is 5.75 Å². The summed E-state index contributed by atoms with van der Waals surface area (Å²) >= 11 is 0. The lowest BCUT2D eigenvalue weighted by atomic mass is 9.97. The first kappa shape index (κ1) is 14.1. The predicted molar refractivity (Wildman–Crippen MR) is 76.7 cm³/mol. The molecule has 0 saturated carbocycles. The average Bonchev–Trinajstić information content (AvgIpc) is 2.90. The predicted octanol–water partition coefficient (Wildman–Crippen LogP) is 2.50. The smallest absolute Gasteiger partial charge is 0.137 e. The van der Waals surface area contributed by atoms with Crippen LogP contribution in [0, 0.1) is 12.8 Å². The van der Waals surface area contributed by atoms with Crippen molar-refractivity contribution in [1.82, 2.24) is 5.32 Å². The van der Waals surface area contributed by atoms with E-state index in [1.807, 2.05) is 25.1 Å². The zero-order valence-electron chi connectivity index (χ0n) is 11.9. The van der Waals surface area contributed by atoms with E-state index >= 15 is 0 Å². The van der Waals surface area contributed by atoms with E-state index in [1.54, 1.807) is 7.11 Å². The summed E-state index contributed by atoms with van der Waals surface area (Å²) < 4.78 is 5.32. The molecule has 1 unspecified atom stereocenters. The molecule has 2 rings (SSSR count). The SMILES string of the molecule is COc1ccc(C)cc1CC(=O)CCC1CCNC1. The van der Waals surface area contributed by atoms with Gasteiger partial charge in [-0.25, -0.2) is 0 Å². The van der Waals surface area contributed by atoms with Gasteiger partial charge in [0.05, 0.1) is 7.11 Å². The first-order chi connectivity index (χ1) is 9.19. The van der Waals surface area contributed by atoms with Gasteiger partial charge in [0.1, 0.15) is 11.5 Å². The Bertz CT molecular complexity index is 436. The molecule has 1 saturated heterocycles. The van der Waals surface area contributed by atoms with E-state index in [2.05, 4.69) is 5.32 Å². The van der Waals surface area contributed by atoms with Gasteiger partial charge < -0.3 is 10.1 Å². The molecule has 104 valence electrons. The molecule has 0 bridgehead atoms. The van der Waals surface area contributed by atoms with E-state index in [0.29, 0.717) is 24.5 Å². The molecule has 1 aromatic rings. The van der Waals surface area contributed by atoms with Crippen LogP contribution in [-0.4, -0.2) is 26.0 Å². The lowest BCUT2D eigenvalue weighted by Gasteiger charge is -2.10. The first-order valence-electron chi connectivity index (χ1n) is 7.05. The second kappa shape index (κ2) is 6.71. The third kappa shape index (κ3) is 4.06. The molecule has 1 aromatic carbocycles. The van der Waals surface area contributed by atoms with Gasteiger partial charge in [0.2, 0.25) is 0 Å². The fraction of sp³-hybridized carbons (Fsp3) is 0.562. The zero-order chi connectivity index (χ0) is 13.7. The Morgan fingerprint density at radius 1 is 1.47 bits per heavy atom. The van der Waals surface area contributed by atoms with Gasteiger partial charge in [-0.05, 0) is 44.8 Å². The Labute approximate surface area is 115 Å². The van der Waals surface area contributed by atoms with Crippen LogP contribution in [0.4, 0.5) is 0 Å². The minimum absolute atomic E-state index is 0.316. The van der Waals surface area contributed by atoms with Crippen LogP contribution in [0.3, 0.4) is 0 Å². The van der Waals surface area contributed by atoms with E-state index in [-0.39, 0.29) is 0 Å². The van der Waals surface area contributed by atoms with Gasteiger partial charge in [-0.1, -0.05) is 17.7 Å². The van der Waals surface area contributed by atoms with Gasteiger partial charge in [-0.15, -0.1) is 0 Å². The van der Waals surface area contributed by atoms with Gasteiger partial charge in [0.15, 0.2) is 0 Å². The monoisotopic (exact) mass is 261 g/mol. The maximum absolute atomic E-state index is 12.1. The molecule has 0 radical (unpaired) electrons. The highest BCUT2D eigenvalue weighted by Gasteiger charge is 2.16. The molecule has 1 aliphatic heterocycles. The summed E-state index contributed by atoms with van der Waals surface area (Å²) in [6.07, 6.45) is 3.40. The Hall–Kier alpha value is -1.35. The normalized spacial score (nSPS) is 18.5. The average molecular weight is 261 g/mol. The second-order valence-corrected chi connectivity index (χ2v) is 5.43. The number of hydrogen-bond donors (Lipinski definition) is 1. The standard InChI is InChI=1S/C16H23NO2/c1-12-3-6-16(19-2)14(9-12)10-15(18)5-4-13-7-8-17-11-13/h3,6,9,13,17H,4-5,7-8,10-11H2,1-2H3. The van der Waals surface area contributed by atoms with Crippen LogP contribution < -0.4 is 10.1 Å². The van der Waals surface area contributed by atoms with Crippen molar-refractivity contribution in [2.45, 2.75) is 32.6 Å². The minimum Gasteiger partial charge on any atom is -0.496 e. The molecule has 1 atom stereocenters. The van der Waals surface area contributed by atoms with Crippen molar-refractivity contribution < 1.29 is 9.53 Å². The summed E-state index contributed by atoms with van der Waals surface area (Å²) in [5.41, 5.74) is 2.18. The Kier molecular flexibility index (Phi) is 4.97. The largest absolute Gasteiger partial charge is 0.496 e.